The lowest BCUT2D eigenvalue weighted by atomic mass is 10.1. The monoisotopic (exact) mass is 421 g/mol. The van der Waals surface area contributed by atoms with Crippen LogP contribution in [0.15, 0.2) is 71.8 Å². The molecule has 158 valence electrons. The summed E-state index contributed by atoms with van der Waals surface area (Å²) in [5.41, 5.74) is 3.86. The molecule has 31 heavy (non-hydrogen) atoms. The van der Waals surface area contributed by atoms with Gasteiger partial charge in [-0.05, 0) is 42.0 Å². The molecule has 3 aromatic carbocycles. The number of carbonyl (C=O) groups is 2. The number of rotatable bonds is 7. The highest BCUT2D eigenvalue weighted by atomic mass is 19.1. The molecule has 7 nitrogen and oxygen atoms in total. The Balaban J connectivity index is 1.74. The van der Waals surface area contributed by atoms with Crippen molar-refractivity contribution in [3.05, 3.63) is 89.2 Å². The number of nitrogens with zero attached hydrogens (tertiary/aromatic N) is 1. The molecule has 3 rings (SSSR count). The van der Waals surface area contributed by atoms with Crippen molar-refractivity contribution in [2.75, 3.05) is 19.5 Å². The van der Waals surface area contributed by atoms with Crippen LogP contribution in [0.5, 0.6) is 11.5 Å². The summed E-state index contributed by atoms with van der Waals surface area (Å²) in [6.07, 6.45) is 1.39. The number of hydrazone groups is 1. The average Bonchev–Trinajstić information content (AvgIpc) is 2.80. The average molecular weight is 421 g/mol. The van der Waals surface area contributed by atoms with Crippen molar-refractivity contribution >= 4 is 23.7 Å². The van der Waals surface area contributed by atoms with Crippen molar-refractivity contribution < 1.29 is 23.5 Å². The number of methoxy groups -OCH3 is 2. The molecule has 0 saturated carbocycles. The van der Waals surface area contributed by atoms with Gasteiger partial charge in [0, 0.05) is 11.6 Å². The molecule has 0 spiro atoms. The third-order valence-electron chi connectivity index (χ3n) is 4.28. The highest BCUT2D eigenvalue weighted by Crippen LogP contribution is 2.24. The summed E-state index contributed by atoms with van der Waals surface area (Å²) in [5.74, 6) is -0.388. The molecular weight excluding hydrogens is 401 g/mol. The van der Waals surface area contributed by atoms with Crippen LogP contribution in [0.1, 0.15) is 26.3 Å². The van der Waals surface area contributed by atoms with Crippen molar-refractivity contribution in [3.63, 3.8) is 0 Å². The molecule has 2 N–H and O–H groups in total. The van der Waals surface area contributed by atoms with Gasteiger partial charge < -0.3 is 14.8 Å². The molecule has 0 bridgehead atoms. The van der Waals surface area contributed by atoms with Gasteiger partial charge in [-0.15, -0.1) is 0 Å². The normalized spacial score (nSPS) is 10.5. The fourth-order valence-corrected chi connectivity index (χ4v) is 2.70. The number of halogens is 1. The number of hydrogen-bond donors (Lipinski definition) is 2. The molecule has 0 saturated heterocycles. The Morgan fingerprint density at radius 1 is 0.903 bits per heavy atom. The zero-order chi connectivity index (χ0) is 22.2. The summed E-state index contributed by atoms with van der Waals surface area (Å²) in [5, 5.41) is 6.60. The molecule has 8 heteroatoms. The minimum absolute atomic E-state index is 0.224. The second kappa shape index (κ2) is 10.0. The molecule has 0 fully saturated rings. The number of benzene rings is 3. The van der Waals surface area contributed by atoms with Gasteiger partial charge in [-0.1, -0.05) is 24.3 Å². The topological polar surface area (TPSA) is 89.0 Å². The van der Waals surface area contributed by atoms with Crippen LogP contribution < -0.4 is 20.2 Å². The van der Waals surface area contributed by atoms with E-state index in [-0.39, 0.29) is 11.4 Å². The molecular formula is C23H20FN3O4. The number of nitrogens with one attached hydrogen (secondary N) is 2. The Morgan fingerprint density at radius 2 is 1.55 bits per heavy atom. The minimum Gasteiger partial charge on any atom is -0.497 e. The molecule has 3 aromatic rings. The molecule has 0 aliphatic heterocycles. The lowest BCUT2D eigenvalue weighted by Gasteiger charge is -2.12. The van der Waals surface area contributed by atoms with E-state index in [1.54, 1.807) is 42.5 Å². The van der Waals surface area contributed by atoms with Crippen LogP contribution in [-0.4, -0.2) is 32.2 Å². The third-order valence-corrected chi connectivity index (χ3v) is 4.28. The van der Waals surface area contributed by atoms with Gasteiger partial charge in [-0.25, -0.2) is 9.82 Å². The fourth-order valence-electron chi connectivity index (χ4n) is 2.70. The summed E-state index contributed by atoms with van der Waals surface area (Å²) in [6, 6.07) is 17.0. The predicted molar refractivity (Wildman–Crippen MR) is 115 cm³/mol. The largest absolute Gasteiger partial charge is 0.497 e. The molecule has 0 aliphatic carbocycles. The third kappa shape index (κ3) is 5.66. The van der Waals surface area contributed by atoms with E-state index in [9.17, 15) is 14.0 Å². The quantitative estimate of drug-likeness (QED) is 0.448. The molecule has 0 atom stereocenters. The first-order valence-corrected chi connectivity index (χ1v) is 9.22. The molecule has 0 aromatic heterocycles. The van der Waals surface area contributed by atoms with Crippen LogP contribution in [-0.2, 0) is 0 Å². The zero-order valence-corrected chi connectivity index (χ0v) is 16.9. The van der Waals surface area contributed by atoms with E-state index in [0.717, 1.165) is 0 Å². The standard InChI is InChI=1S/C23H20FN3O4/c1-30-18-11-16(12-19(13-18)31-2)22(28)26-21-6-4-3-5-20(21)23(29)27-25-14-15-7-9-17(24)10-8-15/h3-14H,1-2H3,(H,26,28)(H,27,29)/b25-14+. The number of amides is 2. The first-order valence-electron chi connectivity index (χ1n) is 9.22. The number of para-hydroxylation sites is 1. The molecule has 0 heterocycles. The van der Waals surface area contributed by atoms with Gasteiger partial charge in [-0.3, -0.25) is 9.59 Å². The van der Waals surface area contributed by atoms with Crippen molar-refractivity contribution in [2.24, 2.45) is 5.10 Å². The van der Waals surface area contributed by atoms with Crippen molar-refractivity contribution in [1.82, 2.24) is 5.43 Å². The minimum atomic E-state index is -0.516. The second-order valence-corrected chi connectivity index (χ2v) is 6.35. The van der Waals surface area contributed by atoms with Gasteiger partial charge >= 0.3 is 0 Å². The van der Waals surface area contributed by atoms with Crippen LogP contribution in [0.3, 0.4) is 0 Å². The zero-order valence-electron chi connectivity index (χ0n) is 16.9. The van der Waals surface area contributed by atoms with Gasteiger partial charge in [0.25, 0.3) is 11.8 Å². The maximum Gasteiger partial charge on any atom is 0.273 e. The summed E-state index contributed by atoms with van der Waals surface area (Å²) in [7, 11) is 2.98. The van der Waals surface area contributed by atoms with Crippen molar-refractivity contribution in [2.45, 2.75) is 0 Å². The van der Waals surface area contributed by atoms with Gasteiger partial charge in [0.15, 0.2) is 0 Å². The van der Waals surface area contributed by atoms with E-state index in [1.165, 1.54) is 44.7 Å². The van der Waals surface area contributed by atoms with Crippen LogP contribution in [0, 0.1) is 5.82 Å². The molecule has 0 aliphatic rings. The first kappa shape index (κ1) is 21.5. The summed E-state index contributed by atoms with van der Waals surface area (Å²) >= 11 is 0. The van der Waals surface area contributed by atoms with E-state index in [1.807, 2.05) is 0 Å². The van der Waals surface area contributed by atoms with Crippen LogP contribution >= 0.6 is 0 Å². The van der Waals surface area contributed by atoms with Gasteiger partial charge in [0.1, 0.15) is 17.3 Å². The first-order chi connectivity index (χ1) is 15.0. The van der Waals surface area contributed by atoms with Crippen molar-refractivity contribution in [3.8, 4) is 11.5 Å². The smallest absolute Gasteiger partial charge is 0.273 e. The number of anilines is 1. The maximum atomic E-state index is 13.0. The number of carbonyl (C=O) groups excluding carboxylic acids is 2. The number of hydrogen-bond acceptors (Lipinski definition) is 5. The Labute approximate surface area is 178 Å². The Bertz CT molecular complexity index is 1090. The Kier molecular flexibility index (Phi) is 6.95. The molecule has 0 unspecified atom stereocenters. The lowest BCUT2D eigenvalue weighted by molar-refractivity contribution is 0.0956. The number of ether oxygens (including phenoxy) is 2. The highest BCUT2D eigenvalue weighted by Gasteiger charge is 2.15. The predicted octanol–water partition coefficient (Wildman–Crippen LogP) is 3.86. The maximum absolute atomic E-state index is 13.0. The van der Waals surface area contributed by atoms with Crippen LogP contribution in [0.4, 0.5) is 10.1 Å². The SMILES string of the molecule is COc1cc(OC)cc(C(=O)Nc2ccccc2C(=O)N/N=C/c2ccc(F)cc2)c1. The summed E-state index contributed by atoms with van der Waals surface area (Å²) in [4.78, 5) is 25.3. The van der Waals surface area contributed by atoms with Gasteiger partial charge in [-0.2, -0.15) is 5.10 Å². The second-order valence-electron chi connectivity index (χ2n) is 6.35. The van der Waals surface area contributed by atoms with Crippen LogP contribution in [0.2, 0.25) is 0 Å². The lowest BCUT2D eigenvalue weighted by Crippen LogP contribution is -2.21. The van der Waals surface area contributed by atoms with E-state index in [4.69, 9.17) is 9.47 Å². The molecule has 0 radical (unpaired) electrons. The van der Waals surface area contributed by atoms with Crippen LogP contribution in [0.25, 0.3) is 0 Å². The Hall–Kier alpha value is -4.20. The highest BCUT2D eigenvalue weighted by molar-refractivity contribution is 6.09. The van der Waals surface area contributed by atoms with E-state index >= 15 is 0 Å². The van der Waals surface area contributed by atoms with Gasteiger partial charge in [0.05, 0.1) is 31.7 Å². The Morgan fingerprint density at radius 3 is 2.19 bits per heavy atom. The summed E-state index contributed by atoms with van der Waals surface area (Å²) < 4.78 is 23.3. The fraction of sp³-hybridized carbons (Fsp3) is 0.0870. The van der Waals surface area contributed by atoms with E-state index in [2.05, 4.69) is 15.8 Å². The molecule has 2 amide bonds. The van der Waals surface area contributed by atoms with E-state index < -0.39 is 11.8 Å². The van der Waals surface area contributed by atoms with Crippen molar-refractivity contribution in [1.29, 1.82) is 0 Å². The summed E-state index contributed by atoms with van der Waals surface area (Å²) in [6.45, 7) is 0. The van der Waals surface area contributed by atoms with Gasteiger partial charge in [0.2, 0.25) is 0 Å². The van der Waals surface area contributed by atoms with E-state index in [0.29, 0.717) is 28.3 Å².